The summed E-state index contributed by atoms with van der Waals surface area (Å²) in [5.74, 6) is 0. The van der Waals surface area contributed by atoms with Crippen molar-refractivity contribution < 1.29 is 18.3 Å². The molecule has 0 bridgehead atoms. The molecule has 25 heavy (non-hydrogen) atoms. The van der Waals surface area contributed by atoms with Crippen LogP contribution in [0.4, 0.5) is 4.79 Å². The van der Waals surface area contributed by atoms with Crippen LogP contribution in [0.1, 0.15) is 19.3 Å². The van der Waals surface area contributed by atoms with Crippen molar-refractivity contribution in [2.45, 2.75) is 36.1 Å². The first-order valence-electron chi connectivity index (χ1n) is 8.76. The second kappa shape index (κ2) is 8.48. The van der Waals surface area contributed by atoms with E-state index in [2.05, 4.69) is 11.9 Å². The van der Waals surface area contributed by atoms with Crippen LogP contribution in [0.3, 0.4) is 0 Å². The molecule has 2 fully saturated rings. The standard InChI is InChI=1S/C16H30N4O4S/c1-4-14(18(2)3)25(23,24)15(13-7-5-6-8-17-13)19-9-11-20(12-10-19)16(21)22/h4,13-15,17H,1,5-12H2,2-3H3,(H,21,22). The first-order chi connectivity index (χ1) is 11.8. The Morgan fingerprint density at radius 3 is 2.36 bits per heavy atom. The van der Waals surface area contributed by atoms with Gasteiger partial charge in [0.1, 0.15) is 10.7 Å². The molecule has 3 unspecified atom stereocenters. The SMILES string of the molecule is C=CC(N(C)C)S(=O)(=O)C(C1CCCCN1)N1CCN(C(=O)O)CC1. The minimum absolute atomic E-state index is 0.141. The maximum Gasteiger partial charge on any atom is 0.407 e. The Bertz CT molecular complexity index is 567. The van der Waals surface area contributed by atoms with Gasteiger partial charge in [-0.05, 0) is 33.5 Å². The topological polar surface area (TPSA) is 93.2 Å². The first-order valence-corrected chi connectivity index (χ1v) is 10.4. The van der Waals surface area contributed by atoms with Gasteiger partial charge >= 0.3 is 6.09 Å². The Hall–Kier alpha value is -1.16. The van der Waals surface area contributed by atoms with Crippen LogP contribution in [0.25, 0.3) is 0 Å². The maximum atomic E-state index is 13.4. The molecule has 0 aliphatic carbocycles. The van der Waals surface area contributed by atoms with E-state index in [9.17, 15) is 13.2 Å². The molecule has 0 aromatic rings. The molecule has 0 aromatic carbocycles. The van der Waals surface area contributed by atoms with Gasteiger partial charge in [-0.2, -0.15) is 0 Å². The summed E-state index contributed by atoms with van der Waals surface area (Å²) >= 11 is 0. The molecule has 2 rings (SSSR count). The molecule has 8 nitrogen and oxygen atoms in total. The highest BCUT2D eigenvalue weighted by Gasteiger charge is 2.44. The number of piperidine rings is 1. The third-order valence-corrected chi connectivity index (χ3v) is 7.61. The normalized spacial score (nSPS) is 25.6. The molecule has 2 N–H and O–H groups in total. The van der Waals surface area contributed by atoms with Crippen molar-refractivity contribution in [1.29, 1.82) is 0 Å². The molecule has 3 atom stereocenters. The summed E-state index contributed by atoms with van der Waals surface area (Å²) in [6.45, 7) is 6.02. The van der Waals surface area contributed by atoms with Crippen LogP contribution in [-0.2, 0) is 9.84 Å². The summed E-state index contributed by atoms with van der Waals surface area (Å²) in [6.07, 6.45) is 3.37. The molecule has 144 valence electrons. The highest BCUT2D eigenvalue weighted by molar-refractivity contribution is 7.92. The van der Waals surface area contributed by atoms with E-state index in [1.54, 1.807) is 19.0 Å². The number of rotatable bonds is 6. The molecule has 2 aliphatic rings. The lowest BCUT2D eigenvalue weighted by molar-refractivity contribution is 0.0894. The molecule has 0 aromatic heterocycles. The van der Waals surface area contributed by atoms with Gasteiger partial charge in [0.05, 0.1) is 0 Å². The van der Waals surface area contributed by atoms with E-state index in [1.165, 1.54) is 11.0 Å². The van der Waals surface area contributed by atoms with Gasteiger partial charge < -0.3 is 15.3 Å². The number of nitrogens with one attached hydrogen (secondary N) is 1. The third-order valence-electron chi connectivity index (χ3n) is 5.02. The number of likely N-dealkylation sites (N-methyl/N-ethyl adjacent to an activating group) is 1. The molecule has 2 aliphatic heterocycles. The molecule has 9 heteroatoms. The summed E-state index contributed by atoms with van der Waals surface area (Å²) < 4.78 is 26.8. The lowest BCUT2D eigenvalue weighted by Gasteiger charge is -2.43. The van der Waals surface area contributed by atoms with Crippen molar-refractivity contribution in [2.24, 2.45) is 0 Å². The van der Waals surface area contributed by atoms with Gasteiger partial charge in [-0.3, -0.25) is 9.80 Å². The number of hydrogen-bond acceptors (Lipinski definition) is 6. The van der Waals surface area contributed by atoms with E-state index in [1.807, 2.05) is 4.90 Å². The van der Waals surface area contributed by atoms with Crippen LogP contribution in [0.15, 0.2) is 12.7 Å². The van der Waals surface area contributed by atoms with Crippen molar-refractivity contribution in [2.75, 3.05) is 46.8 Å². The predicted octanol–water partition coefficient (Wildman–Crippen LogP) is 0.239. The van der Waals surface area contributed by atoms with E-state index in [4.69, 9.17) is 5.11 Å². The average Bonchev–Trinajstić information content (AvgIpc) is 2.56. The number of hydrogen-bond donors (Lipinski definition) is 2. The third kappa shape index (κ3) is 4.52. The fraction of sp³-hybridized carbons (Fsp3) is 0.812. The van der Waals surface area contributed by atoms with Gasteiger partial charge in [-0.25, -0.2) is 13.2 Å². The van der Waals surface area contributed by atoms with E-state index < -0.39 is 26.7 Å². The molecule has 2 heterocycles. The Balaban J connectivity index is 2.27. The molecule has 0 radical (unpaired) electrons. The minimum Gasteiger partial charge on any atom is -0.465 e. The summed E-state index contributed by atoms with van der Waals surface area (Å²) in [7, 11) is -0.0766. The van der Waals surface area contributed by atoms with E-state index >= 15 is 0 Å². The fourth-order valence-corrected chi connectivity index (χ4v) is 6.22. The molecule has 2 saturated heterocycles. The number of carboxylic acid groups (broad SMARTS) is 1. The second-order valence-corrected chi connectivity index (χ2v) is 9.08. The number of nitrogens with zero attached hydrogens (tertiary/aromatic N) is 3. The summed E-state index contributed by atoms with van der Waals surface area (Å²) in [6, 6.07) is -0.141. The van der Waals surface area contributed by atoms with E-state index in [0.29, 0.717) is 26.2 Å². The number of carbonyl (C=O) groups is 1. The largest absolute Gasteiger partial charge is 0.465 e. The zero-order valence-electron chi connectivity index (χ0n) is 15.1. The summed E-state index contributed by atoms with van der Waals surface area (Å²) in [4.78, 5) is 16.1. The number of sulfone groups is 1. The van der Waals surface area contributed by atoms with Crippen LogP contribution >= 0.6 is 0 Å². The van der Waals surface area contributed by atoms with Crippen molar-refractivity contribution in [1.82, 2.24) is 20.0 Å². The van der Waals surface area contributed by atoms with Crippen molar-refractivity contribution in [3.63, 3.8) is 0 Å². The first kappa shape index (κ1) is 20.2. The quantitative estimate of drug-likeness (QED) is 0.643. The van der Waals surface area contributed by atoms with Gasteiger partial charge in [0, 0.05) is 32.2 Å². The van der Waals surface area contributed by atoms with Gasteiger partial charge in [0.15, 0.2) is 9.84 Å². The highest BCUT2D eigenvalue weighted by Crippen LogP contribution is 2.25. The second-order valence-electron chi connectivity index (χ2n) is 6.93. The zero-order valence-corrected chi connectivity index (χ0v) is 15.9. The Labute approximate surface area is 150 Å². The van der Waals surface area contributed by atoms with Gasteiger partial charge in [-0.1, -0.05) is 12.5 Å². The number of piperazine rings is 1. The predicted molar refractivity (Wildman–Crippen MR) is 97.2 cm³/mol. The maximum absolute atomic E-state index is 13.4. The molecule has 1 amide bonds. The summed E-state index contributed by atoms with van der Waals surface area (Å²) in [5.41, 5.74) is 0. The average molecular weight is 375 g/mol. The lowest BCUT2D eigenvalue weighted by atomic mass is 10.0. The van der Waals surface area contributed by atoms with Crippen LogP contribution in [0.2, 0.25) is 0 Å². The van der Waals surface area contributed by atoms with Gasteiger partial charge in [0.25, 0.3) is 0 Å². The van der Waals surface area contributed by atoms with Crippen molar-refractivity contribution >= 4 is 15.9 Å². The van der Waals surface area contributed by atoms with Crippen LogP contribution in [0.5, 0.6) is 0 Å². The van der Waals surface area contributed by atoms with Crippen molar-refractivity contribution in [3.8, 4) is 0 Å². The Kier molecular flexibility index (Phi) is 6.84. The summed E-state index contributed by atoms with van der Waals surface area (Å²) in [5, 5.41) is 11.1. The Morgan fingerprint density at radius 1 is 1.28 bits per heavy atom. The Morgan fingerprint density at radius 2 is 1.92 bits per heavy atom. The molecule has 0 spiro atoms. The van der Waals surface area contributed by atoms with Crippen LogP contribution in [-0.4, -0.2) is 97.9 Å². The van der Waals surface area contributed by atoms with Crippen LogP contribution in [0, 0.1) is 0 Å². The minimum atomic E-state index is -3.54. The molecular formula is C16H30N4O4S. The van der Waals surface area contributed by atoms with Gasteiger partial charge in [0.2, 0.25) is 0 Å². The molecule has 0 saturated carbocycles. The van der Waals surface area contributed by atoms with E-state index in [-0.39, 0.29) is 6.04 Å². The fourth-order valence-electron chi connectivity index (χ4n) is 3.76. The van der Waals surface area contributed by atoms with Crippen LogP contribution < -0.4 is 5.32 Å². The highest BCUT2D eigenvalue weighted by atomic mass is 32.2. The van der Waals surface area contributed by atoms with Crippen molar-refractivity contribution in [3.05, 3.63) is 12.7 Å². The molecular weight excluding hydrogens is 344 g/mol. The monoisotopic (exact) mass is 374 g/mol. The van der Waals surface area contributed by atoms with E-state index in [0.717, 1.165) is 25.8 Å². The lowest BCUT2D eigenvalue weighted by Crippen LogP contribution is -2.62. The van der Waals surface area contributed by atoms with Gasteiger partial charge in [-0.15, -0.1) is 6.58 Å². The zero-order chi connectivity index (χ0) is 18.6. The smallest absolute Gasteiger partial charge is 0.407 e. The number of amides is 1.